The molecular formula is C25H21N5. The molecule has 5 heteroatoms. The lowest BCUT2D eigenvalue weighted by atomic mass is 9.94. The molecule has 0 unspecified atom stereocenters. The third kappa shape index (κ3) is 3.03. The SMILES string of the molecule is [C-]#[N+]c1ccc(N2CCC3=C(C(C)=NC3)c3ccc(-c4ccc(N)nc4)cc32)cc1. The van der Waals surface area contributed by atoms with E-state index < -0.39 is 0 Å². The summed E-state index contributed by atoms with van der Waals surface area (Å²) >= 11 is 0. The van der Waals surface area contributed by atoms with Gasteiger partial charge in [0, 0.05) is 46.5 Å². The summed E-state index contributed by atoms with van der Waals surface area (Å²) in [6, 6.07) is 18.2. The van der Waals surface area contributed by atoms with Gasteiger partial charge in [0.1, 0.15) is 5.82 Å². The van der Waals surface area contributed by atoms with Gasteiger partial charge in [-0.05, 0) is 54.8 Å². The summed E-state index contributed by atoms with van der Waals surface area (Å²) in [4.78, 5) is 14.8. The summed E-state index contributed by atoms with van der Waals surface area (Å²) in [6.07, 6.45) is 2.78. The first-order valence-electron chi connectivity index (χ1n) is 9.99. The van der Waals surface area contributed by atoms with E-state index in [-0.39, 0.29) is 0 Å². The Morgan fingerprint density at radius 1 is 1.03 bits per heavy atom. The molecular weight excluding hydrogens is 370 g/mol. The second-order valence-corrected chi connectivity index (χ2v) is 7.61. The number of nitrogens with zero attached hydrogens (tertiary/aromatic N) is 4. The van der Waals surface area contributed by atoms with Gasteiger partial charge in [-0.3, -0.25) is 4.99 Å². The van der Waals surface area contributed by atoms with E-state index in [1.807, 2.05) is 42.6 Å². The van der Waals surface area contributed by atoms with E-state index in [2.05, 4.69) is 39.9 Å². The van der Waals surface area contributed by atoms with E-state index in [9.17, 15) is 0 Å². The fraction of sp³-hybridized carbons (Fsp3) is 0.160. The van der Waals surface area contributed by atoms with Gasteiger partial charge >= 0.3 is 0 Å². The number of nitrogens with two attached hydrogens (primary N) is 1. The standard InChI is InChI=1S/C25H21N5/c1-16-25-19(15-28-16)11-12-30(21-7-5-20(27-2)6-8-21)23-13-17(3-9-22(23)25)18-4-10-24(26)29-14-18/h3-10,13-14H,11-12,15H2,1H3,(H2,26,29). The summed E-state index contributed by atoms with van der Waals surface area (Å²) < 4.78 is 0. The van der Waals surface area contributed by atoms with E-state index in [4.69, 9.17) is 17.3 Å². The quantitative estimate of drug-likeness (QED) is 0.574. The van der Waals surface area contributed by atoms with Crippen molar-refractivity contribution in [2.75, 3.05) is 23.7 Å². The van der Waals surface area contributed by atoms with E-state index in [1.54, 1.807) is 0 Å². The second kappa shape index (κ2) is 7.16. The number of hydrogen-bond donors (Lipinski definition) is 1. The summed E-state index contributed by atoms with van der Waals surface area (Å²) in [6.45, 7) is 11.0. The monoisotopic (exact) mass is 391 g/mol. The zero-order valence-electron chi connectivity index (χ0n) is 16.8. The number of pyridine rings is 1. The predicted octanol–water partition coefficient (Wildman–Crippen LogP) is 5.65. The average Bonchev–Trinajstić information content (AvgIpc) is 3.06. The highest BCUT2D eigenvalue weighted by atomic mass is 15.1. The summed E-state index contributed by atoms with van der Waals surface area (Å²) in [5.74, 6) is 0.516. The van der Waals surface area contributed by atoms with Gasteiger partial charge in [0.25, 0.3) is 0 Å². The van der Waals surface area contributed by atoms with Crippen molar-refractivity contribution >= 4 is 34.2 Å². The van der Waals surface area contributed by atoms with Crippen LogP contribution in [0.4, 0.5) is 22.9 Å². The molecule has 3 aromatic rings. The van der Waals surface area contributed by atoms with Gasteiger partial charge in [-0.25, -0.2) is 9.83 Å². The van der Waals surface area contributed by atoms with Crippen molar-refractivity contribution in [3.63, 3.8) is 0 Å². The molecule has 2 aromatic carbocycles. The number of nitrogen functional groups attached to an aromatic ring is 1. The lowest BCUT2D eigenvalue weighted by molar-refractivity contribution is 0.895. The minimum absolute atomic E-state index is 0.516. The molecule has 2 N–H and O–H groups in total. The van der Waals surface area contributed by atoms with Crippen LogP contribution in [0.2, 0.25) is 0 Å². The molecule has 3 heterocycles. The molecule has 5 rings (SSSR count). The topological polar surface area (TPSA) is 58.9 Å². The number of benzene rings is 2. The van der Waals surface area contributed by atoms with Crippen LogP contribution in [0.5, 0.6) is 0 Å². The highest BCUT2D eigenvalue weighted by molar-refractivity contribution is 6.27. The van der Waals surface area contributed by atoms with Crippen molar-refractivity contribution < 1.29 is 0 Å². The molecule has 0 amide bonds. The average molecular weight is 391 g/mol. The van der Waals surface area contributed by atoms with E-state index in [0.29, 0.717) is 11.5 Å². The molecule has 0 atom stereocenters. The fourth-order valence-electron chi connectivity index (χ4n) is 4.28. The molecule has 0 bridgehead atoms. The van der Waals surface area contributed by atoms with Crippen LogP contribution in [0.25, 0.3) is 21.5 Å². The molecule has 1 aromatic heterocycles. The van der Waals surface area contributed by atoms with Gasteiger partial charge in [-0.2, -0.15) is 0 Å². The maximum absolute atomic E-state index is 7.23. The smallest absolute Gasteiger partial charge is 0.187 e. The van der Waals surface area contributed by atoms with Crippen LogP contribution in [-0.4, -0.2) is 23.8 Å². The number of rotatable bonds is 2. The molecule has 2 aliphatic heterocycles. The normalized spacial score (nSPS) is 15.2. The number of anilines is 3. The fourth-order valence-corrected chi connectivity index (χ4v) is 4.28. The Morgan fingerprint density at radius 3 is 2.57 bits per heavy atom. The molecule has 0 saturated carbocycles. The van der Waals surface area contributed by atoms with Crippen molar-refractivity contribution in [2.24, 2.45) is 4.99 Å². The van der Waals surface area contributed by atoms with Crippen LogP contribution >= 0.6 is 0 Å². The van der Waals surface area contributed by atoms with E-state index in [0.717, 1.165) is 47.7 Å². The molecule has 5 nitrogen and oxygen atoms in total. The van der Waals surface area contributed by atoms with Crippen molar-refractivity contribution in [2.45, 2.75) is 13.3 Å². The van der Waals surface area contributed by atoms with Gasteiger partial charge in [0.2, 0.25) is 0 Å². The molecule has 30 heavy (non-hydrogen) atoms. The number of fused-ring (bicyclic) bond motifs is 2. The first-order chi connectivity index (χ1) is 14.6. The molecule has 0 fully saturated rings. The summed E-state index contributed by atoms with van der Waals surface area (Å²) in [7, 11) is 0. The van der Waals surface area contributed by atoms with Gasteiger partial charge < -0.3 is 10.6 Å². The van der Waals surface area contributed by atoms with Gasteiger partial charge in [0.15, 0.2) is 5.69 Å². The molecule has 146 valence electrons. The maximum Gasteiger partial charge on any atom is 0.187 e. The maximum atomic E-state index is 7.23. The van der Waals surface area contributed by atoms with Gasteiger partial charge in [-0.1, -0.05) is 24.3 Å². The van der Waals surface area contributed by atoms with E-state index in [1.165, 1.54) is 16.7 Å². The number of aliphatic imine (C=N–C) groups is 1. The van der Waals surface area contributed by atoms with E-state index >= 15 is 0 Å². The largest absolute Gasteiger partial charge is 0.384 e. The number of aromatic nitrogens is 1. The Kier molecular flexibility index (Phi) is 4.33. The second-order valence-electron chi connectivity index (χ2n) is 7.61. The summed E-state index contributed by atoms with van der Waals surface area (Å²) in [5, 5.41) is 0. The van der Waals surface area contributed by atoms with Crippen molar-refractivity contribution in [3.8, 4) is 11.1 Å². The van der Waals surface area contributed by atoms with Crippen LogP contribution < -0.4 is 10.6 Å². The number of allylic oxidation sites excluding steroid dienone is 1. The van der Waals surface area contributed by atoms with Crippen LogP contribution in [-0.2, 0) is 0 Å². The minimum atomic E-state index is 0.516. The van der Waals surface area contributed by atoms with Gasteiger partial charge in [0.05, 0.1) is 13.1 Å². The number of hydrogen-bond acceptors (Lipinski definition) is 4. The van der Waals surface area contributed by atoms with Crippen LogP contribution in [0, 0.1) is 6.57 Å². The minimum Gasteiger partial charge on any atom is -0.384 e. The zero-order chi connectivity index (χ0) is 20.7. The van der Waals surface area contributed by atoms with Crippen LogP contribution in [0.3, 0.4) is 0 Å². The molecule has 0 spiro atoms. The van der Waals surface area contributed by atoms with Crippen molar-refractivity contribution in [1.82, 2.24) is 4.98 Å². The Labute approximate surface area is 176 Å². The highest BCUT2D eigenvalue weighted by Gasteiger charge is 2.27. The Balaban J connectivity index is 1.67. The molecule has 0 aliphatic carbocycles. The van der Waals surface area contributed by atoms with Gasteiger partial charge in [-0.15, -0.1) is 0 Å². The molecule has 2 aliphatic rings. The summed E-state index contributed by atoms with van der Waals surface area (Å²) in [5.41, 5.74) is 15.8. The third-order valence-corrected chi connectivity index (χ3v) is 5.83. The Hall–Kier alpha value is -3.91. The third-order valence-electron chi connectivity index (χ3n) is 5.83. The Bertz CT molecular complexity index is 1230. The first-order valence-corrected chi connectivity index (χ1v) is 9.99. The van der Waals surface area contributed by atoms with Crippen LogP contribution in [0.1, 0.15) is 18.9 Å². The van der Waals surface area contributed by atoms with Crippen LogP contribution in [0.15, 0.2) is 71.4 Å². The van der Waals surface area contributed by atoms with Crippen molar-refractivity contribution in [1.29, 1.82) is 0 Å². The highest BCUT2D eigenvalue weighted by Crippen LogP contribution is 2.42. The van der Waals surface area contributed by atoms with Crippen molar-refractivity contribution in [3.05, 3.63) is 83.3 Å². The zero-order valence-corrected chi connectivity index (χ0v) is 16.8. The lowest BCUT2D eigenvalue weighted by Crippen LogP contribution is -2.19. The lowest BCUT2D eigenvalue weighted by Gasteiger charge is -2.27. The predicted molar refractivity (Wildman–Crippen MR) is 123 cm³/mol. The first kappa shape index (κ1) is 18.1. The molecule has 0 radical (unpaired) electrons. The Morgan fingerprint density at radius 2 is 1.83 bits per heavy atom. The molecule has 0 saturated heterocycles.